The summed E-state index contributed by atoms with van der Waals surface area (Å²) in [5, 5.41) is 9.62. The molecule has 0 spiro atoms. The minimum absolute atomic E-state index is 0.0348. The summed E-state index contributed by atoms with van der Waals surface area (Å²) < 4.78 is 35.4. The Bertz CT molecular complexity index is 2660. The van der Waals surface area contributed by atoms with E-state index in [1.165, 1.54) is 0 Å². The minimum atomic E-state index is -0.332. The summed E-state index contributed by atoms with van der Waals surface area (Å²) in [5.41, 5.74) is 0.790. The number of carbonyl (C=O) groups excluding carboxylic acids is 9. The summed E-state index contributed by atoms with van der Waals surface area (Å²) in [6, 6.07) is 4.92. The fourth-order valence-electron chi connectivity index (χ4n) is 19.3. The van der Waals surface area contributed by atoms with Gasteiger partial charge in [-0.05, 0) is 250 Å². The number of rotatable bonds is 105. The van der Waals surface area contributed by atoms with Crippen molar-refractivity contribution in [3.05, 3.63) is 34.9 Å². The summed E-state index contributed by atoms with van der Waals surface area (Å²) in [5.74, 6) is -1.35. The van der Waals surface area contributed by atoms with Crippen LogP contribution in [-0.2, 0) is 57.2 Å². The van der Waals surface area contributed by atoms with Gasteiger partial charge < -0.3 is 59.1 Å². The minimum Gasteiger partial charge on any atom is -0.462 e. The number of esters is 6. The van der Waals surface area contributed by atoms with Crippen molar-refractivity contribution in [2.75, 3.05) is 78.5 Å². The number of hydrogen-bond donors (Lipinski definition) is 3. The second-order valence-corrected chi connectivity index (χ2v) is 41.6. The van der Waals surface area contributed by atoms with Gasteiger partial charge in [-0.3, -0.25) is 43.2 Å². The van der Waals surface area contributed by atoms with Gasteiger partial charge in [-0.15, -0.1) is 0 Å². The molecule has 0 aliphatic rings. The van der Waals surface area contributed by atoms with Gasteiger partial charge in [-0.1, -0.05) is 353 Å². The molecule has 822 valence electrons. The van der Waals surface area contributed by atoms with Crippen LogP contribution < -0.4 is 16.0 Å². The molecule has 0 saturated heterocycles. The molecule has 1 aromatic rings. The van der Waals surface area contributed by atoms with Crippen molar-refractivity contribution in [3.63, 3.8) is 0 Å². The highest BCUT2D eigenvalue weighted by atomic mass is 16.6. The van der Waals surface area contributed by atoms with E-state index in [4.69, 9.17) is 28.4 Å². The average Bonchev–Trinajstić information content (AvgIpc) is 0.824. The number of unbranched alkanes of at least 4 members (excludes halogenated alkanes) is 36. The Morgan fingerprint density at radius 3 is 0.475 bits per heavy atom. The molecule has 3 N–H and O–H groups in total. The number of amides is 3. The molecule has 141 heavy (non-hydrogen) atoms. The molecule has 0 saturated carbocycles. The maximum Gasteiger partial charge on any atom is 0.306 e. The fraction of sp³-hybridized carbons (Fsp3) is 0.875. The molecular weight excluding hydrogens is 1770 g/mol. The first kappa shape index (κ1) is 133. The number of nitrogens with zero attached hydrogens (tertiary/aromatic N) is 3. The number of carbonyl (C=O) groups is 9. The predicted octanol–water partition coefficient (Wildman–Crippen LogP) is 30.7. The van der Waals surface area contributed by atoms with Gasteiger partial charge in [0, 0.05) is 74.8 Å². The van der Waals surface area contributed by atoms with Crippen LogP contribution in [0.1, 0.15) is 596 Å². The largest absolute Gasteiger partial charge is 0.462 e. The van der Waals surface area contributed by atoms with Crippen LogP contribution >= 0.6 is 0 Å². The van der Waals surface area contributed by atoms with E-state index in [1.807, 2.05) is 0 Å². The van der Waals surface area contributed by atoms with Crippen molar-refractivity contribution in [1.82, 2.24) is 30.7 Å². The highest BCUT2D eigenvalue weighted by Crippen LogP contribution is 2.25. The topological polar surface area (TPSA) is 255 Å². The first-order chi connectivity index (χ1) is 68.8. The summed E-state index contributed by atoms with van der Waals surface area (Å²) in [7, 11) is 0. The number of benzene rings is 1. The maximum atomic E-state index is 14.6. The molecule has 21 heteroatoms. The van der Waals surface area contributed by atoms with Gasteiger partial charge in [0.2, 0.25) is 0 Å². The third-order valence-electron chi connectivity index (χ3n) is 27.9. The van der Waals surface area contributed by atoms with Crippen molar-refractivity contribution < 1.29 is 71.6 Å². The van der Waals surface area contributed by atoms with E-state index in [-0.39, 0.29) is 107 Å². The van der Waals surface area contributed by atoms with Gasteiger partial charge >= 0.3 is 35.8 Å². The lowest BCUT2D eigenvalue weighted by Crippen LogP contribution is -2.33. The van der Waals surface area contributed by atoms with E-state index >= 15 is 0 Å². The SMILES string of the molecule is CCCCC(CCC)OC(=O)CCCCCCCCN(CCCCCCCCC(=O)OC(CCC)CCCC)CCCNC(=O)c1cc(C(=O)NCCCN(CCCCCCCCC(=O)OC(CCC)CCCC)CCCCCCCCC(=O)OC(CCC)CCCC)cc(C(=O)NCCCN(CCCCCCCCC(=O)OC(CCC)CCCC)CCCCCCCCC(=O)OC(CCC)CCCC)c1. The molecule has 3 amide bonds. The van der Waals surface area contributed by atoms with Crippen LogP contribution in [0, 0.1) is 0 Å². The van der Waals surface area contributed by atoms with Crippen LogP contribution in [0.4, 0.5) is 0 Å². The standard InChI is InChI=1S/C120H222N6O15/c1-13-25-76-106(70-19-7)136-112(127)82-55-43-31-37-49-61-91-124(92-62-50-38-32-44-56-83-113(128)137-107(71-20-8)77-26-14-2)97-67-88-121-118(133)103-100-104(119(134)122-89-68-98-125(93-63-51-39-33-45-57-84-114(129)138-108(72-21-9)78-27-15-3)94-64-52-40-34-46-58-85-115(130)139-109(73-22-10)79-28-16-4)102-105(101-103)120(135)123-90-69-99-126(95-65-53-41-35-47-59-86-116(131)140-110(74-23-11)80-29-17-5)96-66-54-42-36-48-60-87-117(132)141-111(75-24-12)81-30-18-6/h100-102,106-111H,13-99H2,1-12H3,(H,121,133)(H,122,134)(H,123,135). The maximum absolute atomic E-state index is 14.6. The van der Waals surface area contributed by atoms with Gasteiger partial charge in [0.1, 0.15) is 36.6 Å². The predicted molar refractivity (Wildman–Crippen MR) is 586 cm³/mol. The van der Waals surface area contributed by atoms with E-state index in [9.17, 15) is 43.2 Å². The van der Waals surface area contributed by atoms with Crippen molar-refractivity contribution in [1.29, 1.82) is 0 Å². The van der Waals surface area contributed by atoms with Crippen LogP contribution in [0.5, 0.6) is 0 Å². The van der Waals surface area contributed by atoms with Crippen LogP contribution in [0.2, 0.25) is 0 Å². The first-order valence-corrected chi connectivity index (χ1v) is 60.1. The molecular formula is C120H222N6O15. The van der Waals surface area contributed by atoms with Gasteiger partial charge in [0.05, 0.1) is 0 Å². The van der Waals surface area contributed by atoms with E-state index in [2.05, 4.69) is 114 Å². The van der Waals surface area contributed by atoms with Crippen molar-refractivity contribution in [3.8, 4) is 0 Å². The third-order valence-corrected chi connectivity index (χ3v) is 27.9. The lowest BCUT2D eigenvalue weighted by molar-refractivity contribution is -0.151. The zero-order valence-electron chi connectivity index (χ0n) is 93.7. The number of hydrogen-bond acceptors (Lipinski definition) is 18. The monoisotopic (exact) mass is 1990 g/mol. The lowest BCUT2D eigenvalue weighted by atomic mass is 10.0. The van der Waals surface area contributed by atoms with Crippen LogP contribution in [-0.4, -0.2) is 183 Å². The molecule has 0 aliphatic heterocycles. The summed E-state index contributed by atoms with van der Waals surface area (Å²) in [4.78, 5) is 128. The zero-order valence-corrected chi connectivity index (χ0v) is 93.7. The van der Waals surface area contributed by atoms with Gasteiger partial charge in [-0.2, -0.15) is 0 Å². The first-order valence-electron chi connectivity index (χ1n) is 60.1. The highest BCUT2D eigenvalue weighted by molar-refractivity contribution is 6.04. The summed E-state index contributed by atoms with van der Waals surface area (Å²) in [6.45, 7) is 35.4. The van der Waals surface area contributed by atoms with Gasteiger partial charge in [0.15, 0.2) is 0 Å². The van der Waals surface area contributed by atoms with Crippen molar-refractivity contribution in [2.24, 2.45) is 0 Å². The van der Waals surface area contributed by atoms with E-state index in [0.29, 0.717) is 58.2 Å². The molecule has 1 rings (SSSR count). The lowest BCUT2D eigenvalue weighted by Gasteiger charge is -2.23. The second kappa shape index (κ2) is 97.7. The molecule has 1 aromatic carbocycles. The molecule has 0 bridgehead atoms. The zero-order chi connectivity index (χ0) is 103. The Morgan fingerprint density at radius 1 is 0.184 bits per heavy atom. The van der Waals surface area contributed by atoms with Crippen molar-refractivity contribution >= 4 is 53.5 Å². The normalized spacial score (nSPS) is 12.9. The third kappa shape index (κ3) is 80.1. The average molecular weight is 1990 g/mol. The van der Waals surface area contributed by atoms with Gasteiger partial charge in [-0.25, -0.2) is 0 Å². The molecule has 6 unspecified atom stereocenters. The van der Waals surface area contributed by atoms with Crippen molar-refractivity contribution in [2.45, 2.75) is 601 Å². The smallest absolute Gasteiger partial charge is 0.306 e. The Morgan fingerprint density at radius 2 is 0.326 bits per heavy atom. The molecule has 0 heterocycles. The Hall–Kier alpha value is -5.67. The summed E-state index contributed by atoms with van der Waals surface area (Å²) >= 11 is 0. The van der Waals surface area contributed by atoms with E-state index in [0.717, 1.165) is 502 Å². The number of nitrogens with one attached hydrogen (secondary N) is 3. The fourth-order valence-corrected chi connectivity index (χ4v) is 19.3. The van der Waals surface area contributed by atoms with E-state index < -0.39 is 0 Å². The molecule has 0 aliphatic carbocycles. The molecule has 0 aromatic heterocycles. The Balaban J connectivity index is 3.54. The molecule has 0 fully saturated rings. The van der Waals surface area contributed by atoms with E-state index in [1.54, 1.807) is 18.2 Å². The molecule has 0 radical (unpaired) electrons. The number of ether oxygens (including phenoxy) is 6. The second-order valence-electron chi connectivity index (χ2n) is 41.6. The van der Waals surface area contributed by atoms with Gasteiger partial charge in [0.25, 0.3) is 17.7 Å². The van der Waals surface area contributed by atoms with Crippen LogP contribution in [0.3, 0.4) is 0 Å². The van der Waals surface area contributed by atoms with Crippen LogP contribution in [0.15, 0.2) is 18.2 Å². The highest BCUT2D eigenvalue weighted by Gasteiger charge is 2.23. The summed E-state index contributed by atoms with van der Waals surface area (Å²) in [6.07, 6.45) is 72.9. The quantitative estimate of drug-likeness (QED) is 0.0311. The Labute approximate surface area is 865 Å². The molecule has 21 nitrogen and oxygen atoms in total. The Kier molecular flexibility index (Phi) is 92.4. The molecule has 6 atom stereocenters. The van der Waals surface area contributed by atoms with Crippen LogP contribution in [0.25, 0.3) is 0 Å².